The molecular formula is C21H17F3N2O3. The molecule has 1 N–H and O–H groups in total. The number of carbonyl (C=O) groups is 1. The first-order chi connectivity index (χ1) is 13.8. The summed E-state index contributed by atoms with van der Waals surface area (Å²) in [6.07, 6.45) is -3.05. The number of hydrogen-bond acceptors (Lipinski definition) is 4. The molecule has 2 aromatic carbocycles. The number of ether oxygens (including phenoxy) is 2. The lowest BCUT2D eigenvalue weighted by Crippen LogP contribution is -2.12. The fourth-order valence-corrected chi connectivity index (χ4v) is 2.73. The largest absolute Gasteiger partial charge is 0.496 e. The quantitative estimate of drug-likeness (QED) is 0.650. The van der Waals surface area contributed by atoms with Crippen molar-refractivity contribution in [2.24, 2.45) is 0 Å². The minimum atomic E-state index is -4.43. The highest BCUT2D eigenvalue weighted by molar-refractivity contribution is 6.04. The Labute approximate surface area is 165 Å². The van der Waals surface area contributed by atoms with Gasteiger partial charge >= 0.3 is 6.18 Å². The molecule has 0 aliphatic heterocycles. The molecule has 0 saturated heterocycles. The summed E-state index contributed by atoms with van der Waals surface area (Å²) in [6.45, 7) is 0. The zero-order chi connectivity index (χ0) is 21.0. The molecule has 0 saturated carbocycles. The minimum absolute atomic E-state index is 0.249. The van der Waals surface area contributed by atoms with Crippen LogP contribution in [0, 0.1) is 0 Å². The number of aromatic nitrogens is 1. The van der Waals surface area contributed by atoms with E-state index in [2.05, 4.69) is 10.3 Å². The number of anilines is 1. The predicted molar refractivity (Wildman–Crippen MR) is 102 cm³/mol. The molecular weight excluding hydrogens is 385 g/mol. The molecule has 29 heavy (non-hydrogen) atoms. The topological polar surface area (TPSA) is 60.5 Å². The molecule has 0 aliphatic rings. The van der Waals surface area contributed by atoms with Crippen molar-refractivity contribution >= 4 is 11.6 Å². The van der Waals surface area contributed by atoms with Gasteiger partial charge in [-0.05, 0) is 48.5 Å². The second kappa shape index (κ2) is 8.22. The van der Waals surface area contributed by atoms with Crippen LogP contribution in [0.25, 0.3) is 11.3 Å². The van der Waals surface area contributed by atoms with Gasteiger partial charge in [-0.2, -0.15) is 13.2 Å². The highest BCUT2D eigenvalue weighted by atomic mass is 19.4. The van der Waals surface area contributed by atoms with Gasteiger partial charge < -0.3 is 14.8 Å². The van der Waals surface area contributed by atoms with E-state index in [-0.39, 0.29) is 11.3 Å². The number of hydrogen-bond donors (Lipinski definition) is 1. The number of alkyl halides is 3. The number of pyridine rings is 1. The molecule has 3 aromatic rings. The van der Waals surface area contributed by atoms with Gasteiger partial charge in [-0.1, -0.05) is 6.07 Å². The molecule has 0 bridgehead atoms. The molecule has 0 atom stereocenters. The Kier molecular flexibility index (Phi) is 5.72. The van der Waals surface area contributed by atoms with Crippen LogP contribution in [0.2, 0.25) is 0 Å². The highest BCUT2D eigenvalue weighted by Gasteiger charge is 2.30. The van der Waals surface area contributed by atoms with Crippen molar-refractivity contribution in [3.63, 3.8) is 0 Å². The number of nitrogens with zero attached hydrogens (tertiary/aromatic N) is 1. The van der Waals surface area contributed by atoms with Crippen LogP contribution in [0.15, 0.2) is 60.8 Å². The second-order valence-corrected chi connectivity index (χ2v) is 6.00. The third-order valence-electron chi connectivity index (χ3n) is 4.18. The van der Waals surface area contributed by atoms with Gasteiger partial charge in [-0.25, -0.2) is 0 Å². The molecule has 0 spiro atoms. The van der Waals surface area contributed by atoms with Crippen molar-refractivity contribution in [3.05, 3.63) is 71.9 Å². The standard InChI is InChI=1S/C21H17F3N2O3/c1-28-17-4-3-5-18(29-2)19(17)16-11-6-13(12-25-16)20(27)26-15-9-7-14(8-10-15)21(22,23)24/h3-12H,1-2H3,(H,26,27). The van der Waals surface area contributed by atoms with Crippen molar-refractivity contribution in [2.45, 2.75) is 6.18 Å². The summed E-state index contributed by atoms with van der Waals surface area (Å²) >= 11 is 0. The summed E-state index contributed by atoms with van der Waals surface area (Å²) in [5.74, 6) is 0.647. The van der Waals surface area contributed by atoms with E-state index in [1.54, 1.807) is 30.3 Å². The normalized spacial score (nSPS) is 11.1. The molecule has 3 rings (SSSR count). The van der Waals surface area contributed by atoms with Crippen molar-refractivity contribution in [2.75, 3.05) is 19.5 Å². The molecule has 0 unspecified atom stereocenters. The number of rotatable bonds is 5. The molecule has 5 nitrogen and oxygen atoms in total. The monoisotopic (exact) mass is 402 g/mol. The van der Waals surface area contributed by atoms with Crippen LogP contribution in [0.4, 0.5) is 18.9 Å². The first kappa shape index (κ1) is 20.2. The maximum absolute atomic E-state index is 12.6. The Hall–Kier alpha value is -3.55. The number of carbonyl (C=O) groups excluding carboxylic acids is 1. The van der Waals surface area contributed by atoms with Crippen LogP contribution < -0.4 is 14.8 Å². The summed E-state index contributed by atoms with van der Waals surface area (Å²) in [4.78, 5) is 16.7. The van der Waals surface area contributed by atoms with Crippen LogP contribution in [-0.4, -0.2) is 25.1 Å². The molecule has 1 amide bonds. The van der Waals surface area contributed by atoms with Crippen molar-refractivity contribution < 1.29 is 27.4 Å². The van der Waals surface area contributed by atoms with Gasteiger partial charge in [-0.15, -0.1) is 0 Å². The van der Waals surface area contributed by atoms with Gasteiger partial charge in [0.05, 0.1) is 36.6 Å². The van der Waals surface area contributed by atoms with Crippen molar-refractivity contribution in [1.82, 2.24) is 4.98 Å². The Morgan fingerprint density at radius 3 is 2.03 bits per heavy atom. The van der Waals surface area contributed by atoms with E-state index in [9.17, 15) is 18.0 Å². The second-order valence-electron chi connectivity index (χ2n) is 6.00. The van der Waals surface area contributed by atoms with E-state index < -0.39 is 17.6 Å². The Balaban J connectivity index is 1.80. The highest BCUT2D eigenvalue weighted by Crippen LogP contribution is 2.37. The molecule has 1 heterocycles. The van der Waals surface area contributed by atoms with Gasteiger partial charge in [0.25, 0.3) is 5.91 Å². The number of nitrogens with one attached hydrogen (secondary N) is 1. The maximum Gasteiger partial charge on any atom is 0.416 e. The minimum Gasteiger partial charge on any atom is -0.496 e. The average molecular weight is 402 g/mol. The summed E-state index contributed by atoms with van der Waals surface area (Å²) in [6, 6.07) is 12.7. The summed E-state index contributed by atoms with van der Waals surface area (Å²) in [5, 5.41) is 2.55. The Bertz CT molecular complexity index is 979. The zero-order valence-corrected chi connectivity index (χ0v) is 15.6. The fraction of sp³-hybridized carbons (Fsp3) is 0.143. The lowest BCUT2D eigenvalue weighted by molar-refractivity contribution is -0.137. The van der Waals surface area contributed by atoms with Crippen LogP contribution >= 0.6 is 0 Å². The number of methoxy groups -OCH3 is 2. The van der Waals surface area contributed by atoms with Gasteiger partial charge in [0.1, 0.15) is 11.5 Å². The van der Waals surface area contributed by atoms with Gasteiger partial charge in [0.15, 0.2) is 0 Å². The van der Waals surface area contributed by atoms with E-state index in [1.165, 1.54) is 32.5 Å². The third kappa shape index (κ3) is 4.48. The molecule has 0 radical (unpaired) electrons. The van der Waals surface area contributed by atoms with E-state index in [1.807, 2.05) is 0 Å². The maximum atomic E-state index is 12.6. The Morgan fingerprint density at radius 1 is 0.931 bits per heavy atom. The summed E-state index contributed by atoms with van der Waals surface area (Å²) in [7, 11) is 3.06. The summed E-state index contributed by atoms with van der Waals surface area (Å²) in [5.41, 5.74) is 0.908. The van der Waals surface area contributed by atoms with Gasteiger partial charge in [0, 0.05) is 11.9 Å². The lowest BCUT2D eigenvalue weighted by Gasteiger charge is -2.13. The predicted octanol–water partition coefficient (Wildman–Crippen LogP) is 5.04. The molecule has 0 fully saturated rings. The third-order valence-corrected chi connectivity index (χ3v) is 4.18. The SMILES string of the molecule is COc1cccc(OC)c1-c1ccc(C(=O)Nc2ccc(C(F)(F)F)cc2)cn1. The van der Waals surface area contributed by atoms with Crippen LogP contribution in [0.3, 0.4) is 0 Å². The van der Waals surface area contributed by atoms with Crippen LogP contribution in [0.5, 0.6) is 11.5 Å². The average Bonchev–Trinajstić information content (AvgIpc) is 2.73. The first-order valence-corrected chi connectivity index (χ1v) is 8.49. The first-order valence-electron chi connectivity index (χ1n) is 8.49. The van der Waals surface area contributed by atoms with Gasteiger partial charge in [-0.3, -0.25) is 9.78 Å². The Morgan fingerprint density at radius 2 is 1.55 bits per heavy atom. The van der Waals surface area contributed by atoms with Crippen LogP contribution in [-0.2, 0) is 6.18 Å². The fourth-order valence-electron chi connectivity index (χ4n) is 2.73. The van der Waals surface area contributed by atoms with Crippen molar-refractivity contribution in [3.8, 4) is 22.8 Å². The van der Waals surface area contributed by atoms with Crippen LogP contribution in [0.1, 0.15) is 15.9 Å². The smallest absolute Gasteiger partial charge is 0.416 e. The molecule has 8 heteroatoms. The number of halogens is 3. The van der Waals surface area contributed by atoms with E-state index >= 15 is 0 Å². The zero-order valence-electron chi connectivity index (χ0n) is 15.6. The van der Waals surface area contributed by atoms with E-state index in [0.717, 1.165) is 12.1 Å². The molecule has 1 aromatic heterocycles. The van der Waals surface area contributed by atoms with Gasteiger partial charge in [0.2, 0.25) is 0 Å². The number of amides is 1. The van der Waals surface area contributed by atoms with Crippen molar-refractivity contribution in [1.29, 1.82) is 0 Å². The lowest BCUT2D eigenvalue weighted by atomic mass is 10.1. The molecule has 0 aliphatic carbocycles. The van der Waals surface area contributed by atoms with E-state index in [4.69, 9.17) is 9.47 Å². The van der Waals surface area contributed by atoms with E-state index in [0.29, 0.717) is 22.8 Å². The number of benzene rings is 2. The summed E-state index contributed by atoms with van der Waals surface area (Å²) < 4.78 is 48.6. The molecule has 150 valence electrons.